The van der Waals surface area contributed by atoms with E-state index in [4.69, 9.17) is 9.47 Å². The number of anilines is 1. The first kappa shape index (κ1) is 18.7. The molecule has 0 bridgehead atoms. The Morgan fingerprint density at radius 1 is 1.30 bits per heavy atom. The van der Waals surface area contributed by atoms with Gasteiger partial charge < -0.3 is 14.5 Å². The second kappa shape index (κ2) is 7.28. The van der Waals surface area contributed by atoms with Gasteiger partial charge in [-0.3, -0.25) is 4.31 Å². The molecule has 0 fully saturated rings. The zero-order valence-corrected chi connectivity index (χ0v) is 15.9. The maximum Gasteiger partial charge on any atom is 0.340 e. The Labute approximate surface area is 156 Å². The molecule has 0 atom stereocenters. The van der Waals surface area contributed by atoms with Crippen LogP contribution < -0.4 is 9.04 Å². The highest BCUT2D eigenvalue weighted by Crippen LogP contribution is 2.35. The molecule has 142 valence electrons. The predicted molar refractivity (Wildman–Crippen MR) is 101 cm³/mol. The quantitative estimate of drug-likeness (QED) is 0.650. The number of nitrogens with zero attached hydrogens (tertiary/aromatic N) is 2. The summed E-state index contributed by atoms with van der Waals surface area (Å²) in [7, 11) is -1.01. The summed E-state index contributed by atoms with van der Waals surface area (Å²) in [5.41, 5.74) is 1.10. The molecule has 1 aromatic carbocycles. The van der Waals surface area contributed by atoms with E-state index in [1.807, 2.05) is 0 Å². The molecule has 1 N–H and O–H groups in total. The number of fused-ring (bicyclic) bond motifs is 1. The average Bonchev–Trinajstić information content (AvgIpc) is 3.11. The van der Waals surface area contributed by atoms with Gasteiger partial charge in [0, 0.05) is 30.9 Å². The van der Waals surface area contributed by atoms with Gasteiger partial charge in [-0.2, -0.15) is 8.42 Å². The largest absolute Gasteiger partial charge is 0.497 e. The minimum Gasteiger partial charge on any atom is -0.497 e. The van der Waals surface area contributed by atoms with Crippen LogP contribution in [0.4, 0.5) is 5.69 Å². The normalized spacial score (nSPS) is 11.4. The number of esters is 1. The van der Waals surface area contributed by atoms with Crippen molar-refractivity contribution >= 4 is 32.6 Å². The van der Waals surface area contributed by atoms with Crippen LogP contribution in [0, 0.1) is 0 Å². The summed E-state index contributed by atoms with van der Waals surface area (Å²) in [6, 6.07) is 7.89. The van der Waals surface area contributed by atoms with Crippen molar-refractivity contribution in [2.24, 2.45) is 0 Å². The standard InChI is InChI=1S/C18H19N3O5S/c1-4-26-18(22)14-11-20-17-13(14)9-12(25-3)10-15(17)21(2)27(23,24)16-7-5-6-8-19-16/h5-11,20H,4H2,1-3H3. The summed E-state index contributed by atoms with van der Waals surface area (Å²) in [6.07, 6.45) is 2.90. The lowest BCUT2D eigenvalue weighted by atomic mass is 10.1. The van der Waals surface area contributed by atoms with Crippen LogP contribution in [0.3, 0.4) is 0 Å². The third-order valence-corrected chi connectivity index (χ3v) is 5.76. The summed E-state index contributed by atoms with van der Waals surface area (Å²) >= 11 is 0. The lowest BCUT2D eigenvalue weighted by Crippen LogP contribution is -2.27. The van der Waals surface area contributed by atoms with Gasteiger partial charge in [0.15, 0.2) is 5.03 Å². The molecular formula is C18H19N3O5S. The third kappa shape index (κ3) is 3.33. The van der Waals surface area contributed by atoms with Crippen LogP contribution in [0.15, 0.2) is 47.8 Å². The van der Waals surface area contributed by atoms with Crippen molar-refractivity contribution in [1.82, 2.24) is 9.97 Å². The molecular weight excluding hydrogens is 370 g/mol. The maximum atomic E-state index is 12.9. The lowest BCUT2D eigenvalue weighted by Gasteiger charge is -2.20. The SMILES string of the molecule is CCOC(=O)c1c[nH]c2c(N(C)S(=O)(=O)c3ccccn3)cc(OC)cc12. The first-order valence-electron chi connectivity index (χ1n) is 8.16. The van der Waals surface area contributed by atoms with Crippen LogP contribution >= 0.6 is 0 Å². The molecule has 8 nitrogen and oxygen atoms in total. The van der Waals surface area contributed by atoms with Gasteiger partial charge in [0.25, 0.3) is 10.0 Å². The van der Waals surface area contributed by atoms with Crippen molar-refractivity contribution in [1.29, 1.82) is 0 Å². The minimum atomic E-state index is -3.90. The van der Waals surface area contributed by atoms with Gasteiger partial charge in [-0.05, 0) is 25.1 Å². The van der Waals surface area contributed by atoms with Crippen molar-refractivity contribution in [3.8, 4) is 5.75 Å². The Hall–Kier alpha value is -3.07. The number of aromatic nitrogens is 2. The highest BCUT2D eigenvalue weighted by Gasteiger charge is 2.26. The Morgan fingerprint density at radius 3 is 2.70 bits per heavy atom. The second-order valence-electron chi connectivity index (χ2n) is 5.63. The van der Waals surface area contributed by atoms with E-state index in [0.717, 1.165) is 4.31 Å². The van der Waals surface area contributed by atoms with E-state index in [0.29, 0.717) is 27.9 Å². The summed E-state index contributed by atoms with van der Waals surface area (Å²) in [6.45, 7) is 1.95. The molecule has 3 aromatic rings. The zero-order valence-electron chi connectivity index (χ0n) is 15.1. The Kier molecular flexibility index (Phi) is 5.04. The van der Waals surface area contributed by atoms with Gasteiger partial charge in [-0.1, -0.05) is 6.07 Å². The number of hydrogen-bond donors (Lipinski definition) is 1. The van der Waals surface area contributed by atoms with Gasteiger partial charge in [0.05, 0.1) is 30.5 Å². The number of carbonyl (C=O) groups is 1. The molecule has 0 amide bonds. The van der Waals surface area contributed by atoms with E-state index in [1.54, 1.807) is 31.2 Å². The number of H-pyrrole nitrogens is 1. The summed E-state index contributed by atoms with van der Waals surface area (Å²) in [5, 5.41) is 0.423. The van der Waals surface area contributed by atoms with Crippen molar-refractivity contribution < 1.29 is 22.7 Å². The van der Waals surface area contributed by atoms with Crippen LogP contribution in [0.5, 0.6) is 5.75 Å². The second-order valence-corrected chi connectivity index (χ2v) is 7.55. The van der Waals surface area contributed by atoms with E-state index in [1.165, 1.54) is 32.6 Å². The van der Waals surface area contributed by atoms with Crippen LogP contribution in [-0.4, -0.2) is 45.1 Å². The number of benzene rings is 1. The third-order valence-electron chi connectivity index (χ3n) is 4.07. The van der Waals surface area contributed by atoms with Gasteiger partial charge >= 0.3 is 5.97 Å². The summed E-state index contributed by atoms with van der Waals surface area (Å²) in [4.78, 5) is 19.1. The maximum absolute atomic E-state index is 12.9. The molecule has 0 radical (unpaired) electrons. The van der Waals surface area contributed by atoms with E-state index < -0.39 is 16.0 Å². The van der Waals surface area contributed by atoms with Crippen LogP contribution in [-0.2, 0) is 14.8 Å². The topological polar surface area (TPSA) is 102 Å². The Morgan fingerprint density at radius 2 is 2.07 bits per heavy atom. The van der Waals surface area contributed by atoms with Crippen LogP contribution in [0.1, 0.15) is 17.3 Å². The number of hydrogen-bond acceptors (Lipinski definition) is 6. The molecule has 9 heteroatoms. The number of nitrogens with one attached hydrogen (secondary N) is 1. The van der Waals surface area contributed by atoms with E-state index >= 15 is 0 Å². The van der Waals surface area contributed by atoms with E-state index in [9.17, 15) is 13.2 Å². The molecule has 0 saturated heterocycles. The molecule has 27 heavy (non-hydrogen) atoms. The first-order valence-corrected chi connectivity index (χ1v) is 9.60. The van der Waals surface area contributed by atoms with Gasteiger partial charge in [0.1, 0.15) is 5.75 Å². The fourth-order valence-corrected chi connectivity index (χ4v) is 3.83. The smallest absolute Gasteiger partial charge is 0.340 e. The molecule has 3 rings (SSSR count). The van der Waals surface area contributed by atoms with Gasteiger partial charge in [-0.15, -0.1) is 0 Å². The highest BCUT2D eigenvalue weighted by atomic mass is 32.2. The van der Waals surface area contributed by atoms with Crippen molar-refractivity contribution in [2.45, 2.75) is 11.9 Å². The minimum absolute atomic E-state index is 0.0827. The van der Waals surface area contributed by atoms with E-state index in [-0.39, 0.29) is 11.6 Å². The predicted octanol–water partition coefficient (Wildman–Crippen LogP) is 2.57. The van der Waals surface area contributed by atoms with Crippen molar-refractivity contribution in [2.75, 3.05) is 25.1 Å². The average molecular weight is 389 g/mol. The van der Waals surface area contributed by atoms with E-state index in [2.05, 4.69) is 9.97 Å². The van der Waals surface area contributed by atoms with Crippen molar-refractivity contribution in [3.05, 3.63) is 48.3 Å². The Balaban J connectivity index is 2.18. The zero-order chi connectivity index (χ0) is 19.6. The number of rotatable bonds is 6. The number of aromatic amines is 1. The Bertz CT molecular complexity index is 1080. The molecule has 0 aliphatic heterocycles. The number of pyridine rings is 1. The van der Waals surface area contributed by atoms with Gasteiger partial charge in [-0.25, -0.2) is 9.78 Å². The van der Waals surface area contributed by atoms with Crippen molar-refractivity contribution in [3.63, 3.8) is 0 Å². The van der Waals surface area contributed by atoms with Crippen LogP contribution in [0.2, 0.25) is 0 Å². The molecule has 0 unspecified atom stereocenters. The molecule has 0 saturated carbocycles. The highest BCUT2D eigenvalue weighted by molar-refractivity contribution is 7.92. The summed E-state index contributed by atoms with van der Waals surface area (Å²) < 4.78 is 37.3. The summed E-state index contributed by atoms with van der Waals surface area (Å²) in [5.74, 6) is -0.0936. The number of ether oxygens (including phenoxy) is 2. The molecule has 0 aliphatic rings. The number of sulfonamides is 1. The first-order chi connectivity index (χ1) is 12.9. The molecule has 0 spiro atoms. The molecule has 2 heterocycles. The molecule has 2 aromatic heterocycles. The van der Waals surface area contributed by atoms with Crippen LogP contribution in [0.25, 0.3) is 10.9 Å². The fraction of sp³-hybridized carbons (Fsp3) is 0.222. The fourth-order valence-electron chi connectivity index (χ4n) is 2.70. The molecule has 0 aliphatic carbocycles. The monoisotopic (exact) mass is 389 g/mol. The lowest BCUT2D eigenvalue weighted by molar-refractivity contribution is 0.0528. The number of methoxy groups -OCH3 is 1. The number of carbonyl (C=O) groups excluding carboxylic acids is 1. The van der Waals surface area contributed by atoms with Gasteiger partial charge in [0.2, 0.25) is 0 Å².